The standard InChI is InChI=1S/C5H13BO3/c1-3-5-9-6(7)8-4-2/h7H,3-5H2,1-2H3. The molecule has 0 aromatic carbocycles. The van der Waals surface area contributed by atoms with E-state index in [9.17, 15) is 0 Å². The van der Waals surface area contributed by atoms with E-state index in [-0.39, 0.29) is 0 Å². The van der Waals surface area contributed by atoms with Crippen molar-refractivity contribution in [2.75, 3.05) is 13.2 Å². The first-order chi connectivity index (χ1) is 4.31. The summed E-state index contributed by atoms with van der Waals surface area (Å²) in [6, 6.07) is 0. The monoisotopic (exact) mass is 132 g/mol. The van der Waals surface area contributed by atoms with Crippen molar-refractivity contribution < 1.29 is 14.3 Å². The van der Waals surface area contributed by atoms with E-state index < -0.39 is 7.32 Å². The summed E-state index contributed by atoms with van der Waals surface area (Å²) in [5.41, 5.74) is 0. The molecule has 0 fully saturated rings. The van der Waals surface area contributed by atoms with Gasteiger partial charge in [-0.1, -0.05) is 6.92 Å². The van der Waals surface area contributed by atoms with Gasteiger partial charge in [0.05, 0.1) is 0 Å². The molecule has 3 nitrogen and oxygen atoms in total. The largest absolute Gasteiger partial charge is 0.636 e. The minimum atomic E-state index is -1.03. The lowest BCUT2D eigenvalue weighted by atomic mass is 10.2. The maximum absolute atomic E-state index is 8.74. The molecule has 0 radical (unpaired) electrons. The molecule has 9 heavy (non-hydrogen) atoms. The van der Waals surface area contributed by atoms with Crippen molar-refractivity contribution in [2.24, 2.45) is 0 Å². The van der Waals surface area contributed by atoms with Crippen LogP contribution in [0.3, 0.4) is 0 Å². The molecule has 0 atom stereocenters. The average Bonchev–Trinajstić information content (AvgIpc) is 1.85. The Morgan fingerprint density at radius 1 is 1.33 bits per heavy atom. The molecule has 54 valence electrons. The Bertz CT molecular complexity index is 60.2. The first kappa shape index (κ1) is 8.94. The van der Waals surface area contributed by atoms with Gasteiger partial charge < -0.3 is 14.3 Å². The van der Waals surface area contributed by atoms with E-state index >= 15 is 0 Å². The van der Waals surface area contributed by atoms with Gasteiger partial charge in [-0.15, -0.1) is 0 Å². The Hall–Kier alpha value is -0.0551. The van der Waals surface area contributed by atoms with Gasteiger partial charge in [0.1, 0.15) is 0 Å². The molecule has 0 amide bonds. The maximum atomic E-state index is 8.74. The van der Waals surface area contributed by atoms with E-state index in [0.29, 0.717) is 13.2 Å². The second kappa shape index (κ2) is 6.07. The Kier molecular flexibility index (Phi) is 6.03. The second-order valence-corrected chi connectivity index (χ2v) is 1.63. The quantitative estimate of drug-likeness (QED) is 0.551. The topological polar surface area (TPSA) is 38.7 Å². The highest BCUT2D eigenvalue weighted by atomic mass is 16.7. The summed E-state index contributed by atoms with van der Waals surface area (Å²) < 4.78 is 9.44. The Morgan fingerprint density at radius 3 is 2.44 bits per heavy atom. The lowest BCUT2D eigenvalue weighted by Gasteiger charge is -2.03. The zero-order valence-corrected chi connectivity index (χ0v) is 5.96. The number of rotatable bonds is 5. The zero-order chi connectivity index (χ0) is 7.11. The van der Waals surface area contributed by atoms with Gasteiger partial charge in [-0.2, -0.15) is 0 Å². The molecule has 0 saturated heterocycles. The highest BCUT2D eigenvalue weighted by molar-refractivity contribution is 6.34. The predicted molar refractivity (Wildman–Crippen MR) is 35.8 cm³/mol. The van der Waals surface area contributed by atoms with Gasteiger partial charge in [0.2, 0.25) is 0 Å². The summed E-state index contributed by atoms with van der Waals surface area (Å²) in [7, 11) is -1.03. The third-order valence-corrected chi connectivity index (χ3v) is 0.774. The summed E-state index contributed by atoms with van der Waals surface area (Å²) >= 11 is 0. The third kappa shape index (κ3) is 5.82. The molecule has 0 bridgehead atoms. The van der Waals surface area contributed by atoms with Crippen LogP contribution in [0.4, 0.5) is 0 Å². The van der Waals surface area contributed by atoms with Crippen molar-refractivity contribution in [2.45, 2.75) is 20.3 Å². The van der Waals surface area contributed by atoms with Gasteiger partial charge in [-0.05, 0) is 13.3 Å². The lowest BCUT2D eigenvalue weighted by molar-refractivity contribution is 0.139. The molecule has 0 unspecified atom stereocenters. The molecular formula is C5H13BO3. The fraction of sp³-hybridized carbons (Fsp3) is 1.00. The van der Waals surface area contributed by atoms with E-state index in [1.165, 1.54) is 0 Å². The van der Waals surface area contributed by atoms with Crippen LogP contribution in [0, 0.1) is 0 Å². The van der Waals surface area contributed by atoms with Crippen molar-refractivity contribution in [3.63, 3.8) is 0 Å². The minimum absolute atomic E-state index is 0.477. The van der Waals surface area contributed by atoms with Crippen molar-refractivity contribution in [1.82, 2.24) is 0 Å². The molecule has 0 rings (SSSR count). The van der Waals surface area contributed by atoms with E-state index in [1.54, 1.807) is 6.92 Å². The molecule has 4 heteroatoms. The molecule has 0 aromatic rings. The fourth-order valence-corrected chi connectivity index (χ4v) is 0.409. The number of hydrogen-bond acceptors (Lipinski definition) is 3. The van der Waals surface area contributed by atoms with Crippen LogP contribution in [0.15, 0.2) is 0 Å². The molecule has 0 saturated carbocycles. The van der Waals surface area contributed by atoms with Gasteiger partial charge >= 0.3 is 7.32 Å². The van der Waals surface area contributed by atoms with Crippen LogP contribution in [-0.4, -0.2) is 25.6 Å². The third-order valence-electron chi connectivity index (χ3n) is 0.774. The average molecular weight is 132 g/mol. The van der Waals surface area contributed by atoms with E-state index in [4.69, 9.17) is 9.68 Å². The van der Waals surface area contributed by atoms with Gasteiger partial charge in [0, 0.05) is 13.2 Å². The van der Waals surface area contributed by atoms with Crippen LogP contribution >= 0.6 is 0 Å². The van der Waals surface area contributed by atoms with Gasteiger partial charge in [-0.3, -0.25) is 0 Å². The van der Waals surface area contributed by atoms with Crippen molar-refractivity contribution in [3.05, 3.63) is 0 Å². The van der Waals surface area contributed by atoms with Crippen LogP contribution in [0.5, 0.6) is 0 Å². The summed E-state index contributed by atoms with van der Waals surface area (Å²) in [5.74, 6) is 0. The van der Waals surface area contributed by atoms with Gasteiger partial charge in [-0.25, -0.2) is 0 Å². The smallest absolute Gasteiger partial charge is 0.402 e. The summed E-state index contributed by atoms with van der Waals surface area (Å²) in [5, 5.41) is 8.74. The summed E-state index contributed by atoms with van der Waals surface area (Å²) in [6.45, 7) is 4.79. The molecule has 0 aliphatic heterocycles. The summed E-state index contributed by atoms with van der Waals surface area (Å²) in [6.07, 6.45) is 0.893. The van der Waals surface area contributed by atoms with Crippen molar-refractivity contribution in [3.8, 4) is 0 Å². The van der Waals surface area contributed by atoms with E-state index in [0.717, 1.165) is 6.42 Å². The van der Waals surface area contributed by atoms with Crippen LogP contribution < -0.4 is 0 Å². The molecule has 0 aliphatic rings. The maximum Gasteiger partial charge on any atom is 0.636 e. The van der Waals surface area contributed by atoms with Crippen molar-refractivity contribution >= 4 is 7.32 Å². The first-order valence-electron chi connectivity index (χ1n) is 3.22. The summed E-state index contributed by atoms with van der Waals surface area (Å²) in [4.78, 5) is 0. The fourth-order valence-electron chi connectivity index (χ4n) is 0.409. The number of hydrogen-bond donors (Lipinski definition) is 1. The van der Waals surface area contributed by atoms with Gasteiger partial charge in [0.15, 0.2) is 0 Å². The van der Waals surface area contributed by atoms with E-state index in [1.807, 2.05) is 6.92 Å². The Labute approximate surface area is 56.1 Å². The van der Waals surface area contributed by atoms with Crippen LogP contribution in [0.25, 0.3) is 0 Å². The van der Waals surface area contributed by atoms with Crippen LogP contribution in [0.2, 0.25) is 0 Å². The van der Waals surface area contributed by atoms with E-state index in [2.05, 4.69) is 4.65 Å². The highest BCUT2D eigenvalue weighted by Crippen LogP contribution is 1.85. The molecule has 0 heterocycles. The highest BCUT2D eigenvalue weighted by Gasteiger charge is 2.12. The predicted octanol–water partition coefficient (Wildman–Crippen LogP) is 0.427. The molecule has 0 aromatic heterocycles. The lowest BCUT2D eigenvalue weighted by Crippen LogP contribution is -2.22. The Balaban J connectivity index is 2.95. The van der Waals surface area contributed by atoms with Crippen LogP contribution in [-0.2, 0) is 9.31 Å². The van der Waals surface area contributed by atoms with Gasteiger partial charge in [0.25, 0.3) is 0 Å². The van der Waals surface area contributed by atoms with Crippen LogP contribution in [0.1, 0.15) is 20.3 Å². The SMILES string of the molecule is CCCOB(O)OCC. The Morgan fingerprint density at radius 2 is 2.00 bits per heavy atom. The van der Waals surface area contributed by atoms with Crippen molar-refractivity contribution in [1.29, 1.82) is 0 Å². The minimum Gasteiger partial charge on any atom is -0.402 e. The first-order valence-corrected chi connectivity index (χ1v) is 3.22. The zero-order valence-electron chi connectivity index (χ0n) is 5.96. The molecule has 0 spiro atoms. The molecule has 1 N–H and O–H groups in total. The second-order valence-electron chi connectivity index (χ2n) is 1.63. The molecule has 0 aliphatic carbocycles. The molecular weight excluding hydrogens is 119 g/mol. The normalized spacial score (nSPS) is 9.67.